The van der Waals surface area contributed by atoms with E-state index in [4.69, 9.17) is 18.9 Å². The van der Waals surface area contributed by atoms with Crippen LogP contribution >= 0.6 is 11.3 Å². The molecule has 1 N–H and O–H groups in total. The van der Waals surface area contributed by atoms with Crippen LogP contribution in [0.25, 0.3) is 10.2 Å². The van der Waals surface area contributed by atoms with E-state index in [2.05, 4.69) is 10.3 Å². The zero-order chi connectivity index (χ0) is 18.1. The lowest BCUT2D eigenvalue weighted by Crippen LogP contribution is -2.17. The van der Waals surface area contributed by atoms with Gasteiger partial charge in [0.1, 0.15) is 13.2 Å². The number of ether oxygens (including phenoxy) is 4. The van der Waals surface area contributed by atoms with Crippen molar-refractivity contribution in [2.75, 3.05) is 32.8 Å². The number of aromatic nitrogens is 1. The molecule has 0 aliphatic carbocycles. The van der Waals surface area contributed by atoms with Crippen LogP contribution in [0.5, 0.6) is 23.0 Å². The van der Waals surface area contributed by atoms with Crippen LogP contribution in [0.15, 0.2) is 30.3 Å². The molecule has 1 amide bonds. The molecular weight excluding hydrogens is 356 g/mol. The normalized spacial score (nSPS) is 12.7. The number of carbonyl (C=O) groups excluding carboxylic acids is 1. The van der Waals surface area contributed by atoms with Gasteiger partial charge in [-0.3, -0.25) is 10.1 Å². The van der Waals surface area contributed by atoms with Crippen LogP contribution < -0.4 is 24.3 Å². The van der Waals surface area contributed by atoms with Crippen molar-refractivity contribution >= 4 is 32.6 Å². The zero-order valence-corrected chi connectivity index (χ0v) is 15.0. The van der Waals surface area contributed by atoms with E-state index in [1.54, 1.807) is 38.5 Å². The largest absolute Gasteiger partial charge is 0.493 e. The van der Waals surface area contributed by atoms with Gasteiger partial charge in [-0.15, -0.1) is 0 Å². The van der Waals surface area contributed by atoms with Crippen LogP contribution in [-0.2, 0) is 0 Å². The molecule has 0 unspecified atom stereocenters. The van der Waals surface area contributed by atoms with E-state index in [0.717, 1.165) is 10.2 Å². The zero-order valence-electron chi connectivity index (χ0n) is 14.2. The molecule has 26 heavy (non-hydrogen) atoms. The average molecular weight is 372 g/mol. The summed E-state index contributed by atoms with van der Waals surface area (Å²) in [7, 11) is 3.15. The van der Waals surface area contributed by atoms with Gasteiger partial charge in [-0.25, -0.2) is 4.98 Å². The monoisotopic (exact) mass is 372 g/mol. The molecule has 0 fully saturated rings. The lowest BCUT2D eigenvalue weighted by atomic mass is 10.2. The molecule has 8 heteroatoms. The first kappa shape index (κ1) is 16.5. The molecule has 134 valence electrons. The second kappa shape index (κ2) is 6.72. The molecule has 1 aliphatic rings. The number of hydrogen-bond acceptors (Lipinski definition) is 7. The molecule has 4 rings (SSSR count). The third-order valence-corrected chi connectivity index (χ3v) is 4.85. The minimum atomic E-state index is -0.264. The summed E-state index contributed by atoms with van der Waals surface area (Å²) in [5, 5.41) is 3.32. The van der Waals surface area contributed by atoms with Crippen molar-refractivity contribution in [1.82, 2.24) is 4.98 Å². The molecule has 0 saturated carbocycles. The Morgan fingerprint density at radius 3 is 2.58 bits per heavy atom. The van der Waals surface area contributed by atoms with Crippen LogP contribution in [0.3, 0.4) is 0 Å². The van der Waals surface area contributed by atoms with Crippen molar-refractivity contribution < 1.29 is 23.7 Å². The lowest BCUT2D eigenvalue weighted by molar-refractivity contribution is 0.102. The number of amides is 1. The summed E-state index contributed by atoms with van der Waals surface area (Å²) in [5.74, 6) is 2.16. The molecule has 2 aromatic carbocycles. The molecular formula is C18H16N2O5S. The maximum Gasteiger partial charge on any atom is 0.257 e. The minimum Gasteiger partial charge on any atom is -0.493 e. The predicted octanol–water partition coefficient (Wildman–Crippen LogP) is 3.34. The number of methoxy groups -OCH3 is 2. The SMILES string of the molecule is COc1cc2nc(NC(=O)c3ccc4c(c3)OCCO4)sc2cc1OC. The summed E-state index contributed by atoms with van der Waals surface area (Å²) in [5.41, 5.74) is 1.20. The second-order valence-corrected chi connectivity index (χ2v) is 6.54. The summed E-state index contributed by atoms with van der Waals surface area (Å²) < 4.78 is 22.5. The van der Waals surface area contributed by atoms with E-state index < -0.39 is 0 Å². The van der Waals surface area contributed by atoms with Crippen LogP contribution in [0.2, 0.25) is 0 Å². The summed E-state index contributed by atoms with van der Waals surface area (Å²) in [6.07, 6.45) is 0. The van der Waals surface area contributed by atoms with Gasteiger partial charge >= 0.3 is 0 Å². The Morgan fingerprint density at radius 1 is 1.08 bits per heavy atom. The van der Waals surface area contributed by atoms with Gasteiger partial charge in [-0.05, 0) is 18.2 Å². The fraction of sp³-hybridized carbons (Fsp3) is 0.222. The molecule has 1 aromatic heterocycles. The lowest BCUT2D eigenvalue weighted by Gasteiger charge is -2.18. The van der Waals surface area contributed by atoms with Crippen molar-refractivity contribution in [2.24, 2.45) is 0 Å². The van der Waals surface area contributed by atoms with E-state index in [1.165, 1.54) is 11.3 Å². The number of nitrogens with one attached hydrogen (secondary N) is 1. The number of rotatable bonds is 4. The number of nitrogens with zero attached hydrogens (tertiary/aromatic N) is 1. The third kappa shape index (κ3) is 2.99. The summed E-state index contributed by atoms with van der Waals surface area (Å²) in [6.45, 7) is 0.983. The van der Waals surface area contributed by atoms with Gasteiger partial charge in [0, 0.05) is 17.7 Å². The van der Waals surface area contributed by atoms with Crippen LogP contribution in [0, 0.1) is 0 Å². The van der Waals surface area contributed by atoms with Crippen molar-refractivity contribution in [1.29, 1.82) is 0 Å². The molecule has 0 radical (unpaired) electrons. The molecule has 0 atom stereocenters. The fourth-order valence-corrected chi connectivity index (χ4v) is 3.53. The fourth-order valence-electron chi connectivity index (χ4n) is 2.66. The van der Waals surface area contributed by atoms with Gasteiger partial charge in [-0.2, -0.15) is 0 Å². The second-order valence-electron chi connectivity index (χ2n) is 5.51. The summed E-state index contributed by atoms with van der Waals surface area (Å²) in [4.78, 5) is 17.0. The Kier molecular flexibility index (Phi) is 4.26. The molecule has 0 spiro atoms. The van der Waals surface area contributed by atoms with Crippen LogP contribution in [-0.4, -0.2) is 38.3 Å². The van der Waals surface area contributed by atoms with Gasteiger partial charge in [0.15, 0.2) is 28.1 Å². The highest BCUT2D eigenvalue weighted by molar-refractivity contribution is 7.22. The van der Waals surface area contributed by atoms with E-state index in [0.29, 0.717) is 46.9 Å². The summed E-state index contributed by atoms with van der Waals surface area (Å²) in [6, 6.07) is 8.72. The van der Waals surface area contributed by atoms with Crippen molar-refractivity contribution in [2.45, 2.75) is 0 Å². The predicted molar refractivity (Wildman–Crippen MR) is 98.1 cm³/mol. The number of hydrogen-bond donors (Lipinski definition) is 1. The Hall–Kier alpha value is -3.00. The molecule has 2 heterocycles. The van der Waals surface area contributed by atoms with Crippen LogP contribution in [0.1, 0.15) is 10.4 Å². The first-order chi connectivity index (χ1) is 12.7. The van der Waals surface area contributed by atoms with Gasteiger partial charge in [0.05, 0.1) is 24.4 Å². The number of anilines is 1. The first-order valence-corrected chi connectivity index (χ1v) is 8.73. The first-order valence-electron chi connectivity index (χ1n) is 7.91. The van der Waals surface area contributed by atoms with Gasteiger partial charge in [0.25, 0.3) is 5.91 Å². The minimum absolute atomic E-state index is 0.264. The number of thiazole rings is 1. The van der Waals surface area contributed by atoms with E-state index in [9.17, 15) is 4.79 Å². The third-order valence-electron chi connectivity index (χ3n) is 3.92. The molecule has 0 saturated heterocycles. The topological polar surface area (TPSA) is 78.9 Å². The van der Waals surface area contributed by atoms with Crippen molar-refractivity contribution in [3.63, 3.8) is 0 Å². The Bertz CT molecular complexity index is 944. The van der Waals surface area contributed by atoms with E-state index >= 15 is 0 Å². The maximum atomic E-state index is 12.5. The maximum absolute atomic E-state index is 12.5. The Morgan fingerprint density at radius 2 is 1.81 bits per heavy atom. The average Bonchev–Trinajstić information content (AvgIpc) is 3.07. The van der Waals surface area contributed by atoms with Crippen molar-refractivity contribution in [3.8, 4) is 23.0 Å². The molecule has 0 bridgehead atoms. The number of fused-ring (bicyclic) bond motifs is 2. The van der Waals surface area contributed by atoms with Crippen LogP contribution in [0.4, 0.5) is 5.13 Å². The van der Waals surface area contributed by atoms with Gasteiger partial charge in [0.2, 0.25) is 0 Å². The Labute approximate surface area is 153 Å². The van der Waals surface area contributed by atoms with Gasteiger partial charge in [-0.1, -0.05) is 11.3 Å². The molecule has 7 nitrogen and oxygen atoms in total. The highest BCUT2D eigenvalue weighted by Gasteiger charge is 2.17. The molecule has 1 aliphatic heterocycles. The smallest absolute Gasteiger partial charge is 0.257 e. The molecule has 3 aromatic rings. The van der Waals surface area contributed by atoms with Crippen molar-refractivity contribution in [3.05, 3.63) is 35.9 Å². The standard InChI is InChI=1S/C18H16N2O5S/c1-22-13-8-11-16(9-14(13)23-2)26-18(19-11)20-17(21)10-3-4-12-15(7-10)25-6-5-24-12/h3-4,7-9H,5-6H2,1-2H3,(H,19,20,21). The van der Waals surface area contributed by atoms with E-state index in [1.807, 2.05) is 6.07 Å². The number of benzene rings is 2. The highest BCUT2D eigenvalue weighted by atomic mass is 32.1. The van der Waals surface area contributed by atoms with Gasteiger partial charge < -0.3 is 18.9 Å². The Balaban J connectivity index is 1.59. The van der Waals surface area contributed by atoms with E-state index in [-0.39, 0.29) is 5.91 Å². The number of carbonyl (C=O) groups is 1. The quantitative estimate of drug-likeness (QED) is 0.757. The summed E-state index contributed by atoms with van der Waals surface area (Å²) >= 11 is 1.36. The highest BCUT2D eigenvalue weighted by Crippen LogP contribution is 2.36.